The van der Waals surface area contributed by atoms with Crippen molar-refractivity contribution >= 4 is 21.6 Å². The number of hydrogen-bond acceptors (Lipinski definition) is 5. The van der Waals surface area contributed by atoms with Gasteiger partial charge in [0.25, 0.3) is 5.91 Å². The molecule has 0 N–H and O–H groups in total. The van der Waals surface area contributed by atoms with Crippen molar-refractivity contribution in [3.05, 3.63) is 59.7 Å². The van der Waals surface area contributed by atoms with E-state index in [0.717, 1.165) is 44.3 Å². The molecule has 8 heteroatoms. The van der Waals surface area contributed by atoms with Crippen molar-refractivity contribution in [2.45, 2.75) is 37.0 Å². The summed E-state index contributed by atoms with van der Waals surface area (Å²) in [5.74, 6) is -0.135. The van der Waals surface area contributed by atoms with Crippen LogP contribution in [0.25, 0.3) is 0 Å². The van der Waals surface area contributed by atoms with Gasteiger partial charge in [-0.05, 0) is 61.7 Å². The normalized spacial score (nSPS) is 18.3. The largest absolute Gasteiger partial charge is 0.370 e. The quantitative estimate of drug-likeness (QED) is 0.689. The SMILES string of the molecule is N#Cc1ccc(N2CCCN(C(=O)c3cccc(S(=O)(=O)N4CCCCCC4)c3)CC2)cc1. The van der Waals surface area contributed by atoms with E-state index in [1.165, 1.54) is 6.07 Å². The van der Waals surface area contributed by atoms with Crippen LogP contribution in [0.1, 0.15) is 48.0 Å². The van der Waals surface area contributed by atoms with E-state index in [-0.39, 0.29) is 10.8 Å². The highest BCUT2D eigenvalue weighted by Gasteiger charge is 2.27. The lowest BCUT2D eigenvalue weighted by molar-refractivity contribution is 0.0766. The number of nitrogens with zero attached hydrogens (tertiary/aromatic N) is 4. The summed E-state index contributed by atoms with van der Waals surface area (Å²) >= 11 is 0. The van der Waals surface area contributed by atoms with Crippen LogP contribution in [0.2, 0.25) is 0 Å². The van der Waals surface area contributed by atoms with Gasteiger partial charge in [0.2, 0.25) is 10.0 Å². The molecule has 2 saturated heterocycles. The minimum atomic E-state index is -3.60. The Balaban J connectivity index is 1.46. The Labute approximate surface area is 196 Å². The number of benzene rings is 2. The van der Waals surface area contributed by atoms with E-state index in [4.69, 9.17) is 5.26 Å². The number of carbonyl (C=O) groups excluding carboxylic acids is 1. The number of amides is 1. The third-order valence-electron chi connectivity index (χ3n) is 6.43. The third-order valence-corrected chi connectivity index (χ3v) is 8.32. The lowest BCUT2D eigenvalue weighted by Gasteiger charge is -2.24. The Bertz CT molecular complexity index is 1120. The van der Waals surface area contributed by atoms with E-state index in [0.29, 0.717) is 43.9 Å². The summed E-state index contributed by atoms with van der Waals surface area (Å²) in [5, 5.41) is 9.00. The molecule has 7 nitrogen and oxygen atoms in total. The summed E-state index contributed by atoms with van der Waals surface area (Å²) < 4.78 is 27.9. The second-order valence-corrected chi connectivity index (χ2v) is 10.6. The molecule has 2 aliphatic rings. The second-order valence-electron chi connectivity index (χ2n) is 8.64. The van der Waals surface area contributed by atoms with E-state index >= 15 is 0 Å². The Morgan fingerprint density at radius 1 is 0.818 bits per heavy atom. The molecule has 0 atom stereocenters. The van der Waals surface area contributed by atoms with Crippen molar-refractivity contribution in [3.8, 4) is 6.07 Å². The molecule has 0 aliphatic carbocycles. The van der Waals surface area contributed by atoms with Gasteiger partial charge in [0, 0.05) is 50.5 Å². The number of nitriles is 1. The zero-order valence-electron chi connectivity index (χ0n) is 18.8. The molecular weight excluding hydrogens is 436 g/mol. The molecule has 2 aliphatic heterocycles. The van der Waals surface area contributed by atoms with E-state index in [1.807, 2.05) is 12.1 Å². The molecular formula is C25H30N4O3S. The van der Waals surface area contributed by atoms with Crippen molar-refractivity contribution in [1.82, 2.24) is 9.21 Å². The molecule has 0 aromatic heterocycles. The van der Waals surface area contributed by atoms with Crippen LogP contribution in [0.3, 0.4) is 0 Å². The first-order valence-electron chi connectivity index (χ1n) is 11.6. The maximum Gasteiger partial charge on any atom is 0.253 e. The molecule has 4 rings (SSSR count). The standard InChI is InChI=1S/C25H30N4O3S/c26-20-21-9-11-23(12-10-21)27-13-6-14-28(18-17-27)25(30)22-7-5-8-24(19-22)33(31,32)29-15-3-1-2-4-16-29/h5,7-12,19H,1-4,6,13-18H2. The van der Waals surface area contributed by atoms with Crippen LogP contribution in [0.5, 0.6) is 0 Å². The molecule has 2 heterocycles. The van der Waals surface area contributed by atoms with Crippen molar-refractivity contribution in [2.75, 3.05) is 44.2 Å². The average Bonchev–Trinajstić information content (AvgIpc) is 3.28. The Hall–Kier alpha value is -2.89. The van der Waals surface area contributed by atoms with Gasteiger partial charge in [-0.2, -0.15) is 9.57 Å². The number of rotatable bonds is 4. The topological polar surface area (TPSA) is 84.7 Å². The van der Waals surface area contributed by atoms with Gasteiger partial charge in [0.1, 0.15) is 0 Å². The fourth-order valence-electron chi connectivity index (χ4n) is 4.53. The lowest BCUT2D eigenvalue weighted by atomic mass is 10.2. The average molecular weight is 467 g/mol. The van der Waals surface area contributed by atoms with Crippen LogP contribution in [0.15, 0.2) is 53.4 Å². The van der Waals surface area contributed by atoms with Crippen LogP contribution in [-0.4, -0.2) is 62.8 Å². The van der Waals surface area contributed by atoms with Gasteiger partial charge in [0.15, 0.2) is 0 Å². The van der Waals surface area contributed by atoms with Gasteiger partial charge in [-0.15, -0.1) is 0 Å². The summed E-state index contributed by atoms with van der Waals surface area (Å²) in [4.78, 5) is 17.5. The molecule has 0 bridgehead atoms. The van der Waals surface area contributed by atoms with Gasteiger partial charge in [0.05, 0.1) is 16.5 Å². The molecule has 174 valence electrons. The van der Waals surface area contributed by atoms with Crippen LogP contribution in [-0.2, 0) is 10.0 Å². The molecule has 0 radical (unpaired) electrons. The van der Waals surface area contributed by atoms with E-state index in [1.54, 1.807) is 39.5 Å². The van der Waals surface area contributed by atoms with Crippen LogP contribution in [0.4, 0.5) is 5.69 Å². The Morgan fingerprint density at radius 3 is 2.24 bits per heavy atom. The predicted octanol–water partition coefficient (Wildman–Crippen LogP) is 3.48. The van der Waals surface area contributed by atoms with Gasteiger partial charge in [-0.3, -0.25) is 4.79 Å². The van der Waals surface area contributed by atoms with Gasteiger partial charge in [-0.25, -0.2) is 8.42 Å². The maximum atomic E-state index is 13.3. The molecule has 0 saturated carbocycles. The Kier molecular flexibility index (Phi) is 7.31. The molecule has 0 spiro atoms. The number of anilines is 1. The molecule has 2 aromatic carbocycles. The summed E-state index contributed by atoms with van der Waals surface area (Å²) in [5.41, 5.74) is 2.08. The number of carbonyl (C=O) groups is 1. The highest BCUT2D eigenvalue weighted by Crippen LogP contribution is 2.23. The van der Waals surface area contributed by atoms with E-state index in [9.17, 15) is 13.2 Å². The Morgan fingerprint density at radius 2 is 1.55 bits per heavy atom. The maximum absolute atomic E-state index is 13.3. The summed E-state index contributed by atoms with van der Waals surface area (Å²) in [6.45, 7) is 3.76. The van der Waals surface area contributed by atoms with Crippen molar-refractivity contribution in [2.24, 2.45) is 0 Å². The van der Waals surface area contributed by atoms with Crippen molar-refractivity contribution in [1.29, 1.82) is 5.26 Å². The second kappa shape index (κ2) is 10.4. The first kappa shape index (κ1) is 23.3. The van der Waals surface area contributed by atoms with Crippen LogP contribution < -0.4 is 4.90 Å². The summed E-state index contributed by atoms with van der Waals surface area (Å²) in [7, 11) is -3.60. The third kappa shape index (κ3) is 5.37. The summed E-state index contributed by atoms with van der Waals surface area (Å²) in [6.07, 6.45) is 4.68. The molecule has 2 fully saturated rings. The first-order valence-corrected chi connectivity index (χ1v) is 13.1. The van der Waals surface area contributed by atoms with E-state index < -0.39 is 10.0 Å². The fourth-order valence-corrected chi connectivity index (χ4v) is 6.09. The minimum absolute atomic E-state index is 0.135. The molecule has 0 unspecified atom stereocenters. The molecule has 33 heavy (non-hydrogen) atoms. The van der Waals surface area contributed by atoms with Gasteiger partial charge in [-0.1, -0.05) is 18.9 Å². The zero-order chi connectivity index (χ0) is 23.3. The minimum Gasteiger partial charge on any atom is -0.370 e. The smallest absolute Gasteiger partial charge is 0.253 e. The highest BCUT2D eigenvalue weighted by atomic mass is 32.2. The predicted molar refractivity (Wildman–Crippen MR) is 128 cm³/mol. The van der Waals surface area contributed by atoms with Gasteiger partial charge >= 0.3 is 0 Å². The molecule has 1 amide bonds. The zero-order valence-corrected chi connectivity index (χ0v) is 19.6. The van der Waals surface area contributed by atoms with Crippen LogP contribution in [0, 0.1) is 11.3 Å². The van der Waals surface area contributed by atoms with Crippen LogP contribution >= 0.6 is 0 Å². The van der Waals surface area contributed by atoms with Gasteiger partial charge < -0.3 is 9.80 Å². The lowest BCUT2D eigenvalue weighted by Crippen LogP contribution is -2.35. The molecule has 2 aromatic rings. The number of hydrogen-bond donors (Lipinski definition) is 0. The first-order chi connectivity index (χ1) is 16.0. The number of sulfonamides is 1. The van der Waals surface area contributed by atoms with E-state index in [2.05, 4.69) is 11.0 Å². The van der Waals surface area contributed by atoms with Crippen molar-refractivity contribution < 1.29 is 13.2 Å². The monoisotopic (exact) mass is 466 g/mol. The van der Waals surface area contributed by atoms with Crippen molar-refractivity contribution in [3.63, 3.8) is 0 Å². The highest BCUT2D eigenvalue weighted by molar-refractivity contribution is 7.89. The summed E-state index contributed by atoms with van der Waals surface area (Å²) in [6, 6.07) is 16.1. The fraction of sp³-hybridized carbons (Fsp3) is 0.440.